The van der Waals surface area contributed by atoms with Crippen LogP contribution < -0.4 is 5.32 Å². The Bertz CT molecular complexity index is 445. The molecule has 0 aliphatic heterocycles. The Hall–Kier alpha value is -1.26. The molecule has 0 fully saturated rings. The van der Waals surface area contributed by atoms with Gasteiger partial charge in [0.1, 0.15) is 5.76 Å². The van der Waals surface area contributed by atoms with Crippen molar-refractivity contribution in [1.82, 2.24) is 15.1 Å². The van der Waals surface area contributed by atoms with Crippen LogP contribution in [-0.4, -0.2) is 16.8 Å². The summed E-state index contributed by atoms with van der Waals surface area (Å²) in [5, 5.41) is 8.11. The van der Waals surface area contributed by atoms with Gasteiger partial charge in [0.15, 0.2) is 0 Å². The molecule has 1 unspecified atom stereocenters. The van der Waals surface area contributed by atoms with Crippen molar-refractivity contribution in [2.75, 3.05) is 7.05 Å². The monoisotopic (exact) mass is 253 g/mol. The minimum atomic E-state index is 0.181. The van der Waals surface area contributed by atoms with Gasteiger partial charge in [-0.15, -0.1) is 0 Å². The molecule has 1 atom stereocenters. The van der Waals surface area contributed by atoms with Crippen molar-refractivity contribution in [1.29, 1.82) is 0 Å². The summed E-state index contributed by atoms with van der Waals surface area (Å²) in [5.74, 6) is 0.989. The summed E-state index contributed by atoms with van der Waals surface area (Å²) in [6, 6.07) is 4.07. The Balaban J connectivity index is 2.07. The molecule has 0 bridgehead atoms. The van der Waals surface area contributed by atoms with E-state index in [-0.39, 0.29) is 6.04 Å². The molecule has 0 aromatic carbocycles. The fourth-order valence-corrected chi connectivity index (χ4v) is 2.27. The fraction of sp³-hybridized carbons (Fsp3) is 0.417. The quantitative estimate of drug-likeness (QED) is 0.891. The molecule has 1 N–H and O–H groups in total. The average Bonchev–Trinajstić information content (AvgIpc) is 2.93. The molecule has 0 aliphatic carbocycles. The minimum absolute atomic E-state index is 0.181. The first kappa shape index (κ1) is 12.2. The van der Waals surface area contributed by atoms with E-state index >= 15 is 0 Å². The highest BCUT2D eigenvalue weighted by atomic mass is 35.5. The Kier molecular flexibility index (Phi) is 3.86. The van der Waals surface area contributed by atoms with Crippen LogP contribution in [0, 0.1) is 0 Å². The predicted molar refractivity (Wildman–Crippen MR) is 67.0 cm³/mol. The van der Waals surface area contributed by atoms with Crippen molar-refractivity contribution in [3.05, 3.63) is 41.1 Å². The fourth-order valence-electron chi connectivity index (χ4n) is 1.97. The van der Waals surface area contributed by atoms with E-state index in [1.165, 1.54) is 0 Å². The number of halogens is 1. The standard InChI is InChI=1S/C12H16ClN3O/c1-14-11(6-5-9-4-3-7-17-9)12-10(13)8-15-16(12)2/h3-4,7-8,11,14H,5-6H2,1-2H3. The number of furan rings is 1. The molecular formula is C12H16ClN3O. The van der Waals surface area contributed by atoms with Gasteiger partial charge in [-0.2, -0.15) is 5.10 Å². The van der Waals surface area contributed by atoms with E-state index in [0.717, 1.165) is 24.3 Å². The lowest BCUT2D eigenvalue weighted by molar-refractivity contribution is 0.455. The van der Waals surface area contributed by atoms with Crippen LogP contribution in [0.4, 0.5) is 0 Å². The van der Waals surface area contributed by atoms with E-state index in [2.05, 4.69) is 10.4 Å². The molecular weight excluding hydrogens is 238 g/mol. The van der Waals surface area contributed by atoms with Crippen LogP contribution >= 0.6 is 11.6 Å². The van der Waals surface area contributed by atoms with Crippen LogP contribution in [0.2, 0.25) is 5.02 Å². The maximum absolute atomic E-state index is 6.13. The number of nitrogens with one attached hydrogen (secondary N) is 1. The summed E-state index contributed by atoms with van der Waals surface area (Å²) in [6.45, 7) is 0. The first-order valence-electron chi connectivity index (χ1n) is 5.59. The molecule has 0 aliphatic rings. The average molecular weight is 254 g/mol. The summed E-state index contributed by atoms with van der Waals surface area (Å²) >= 11 is 6.13. The third-order valence-corrected chi connectivity index (χ3v) is 3.17. The van der Waals surface area contributed by atoms with Crippen molar-refractivity contribution in [2.45, 2.75) is 18.9 Å². The van der Waals surface area contributed by atoms with Crippen LogP contribution in [0.15, 0.2) is 29.0 Å². The molecule has 0 saturated heterocycles. The molecule has 2 aromatic rings. The van der Waals surface area contributed by atoms with E-state index in [1.807, 2.05) is 30.9 Å². The van der Waals surface area contributed by atoms with Crippen molar-refractivity contribution in [2.24, 2.45) is 7.05 Å². The molecule has 0 spiro atoms. The third-order valence-electron chi connectivity index (χ3n) is 2.88. The van der Waals surface area contributed by atoms with Gasteiger partial charge in [-0.1, -0.05) is 11.6 Å². The lowest BCUT2D eigenvalue weighted by Crippen LogP contribution is -2.20. The van der Waals surface area contributed by atoms with Crippen LogP contribution in [0.5, 0.6) is 0 Å². The summed E-state index contributed by atoms with van der Waals surface area (Å²) in [5.41, 5.74) is 1.01. The molecule has 2 heterocycles. The number of rotatable bonds is 5. The van der Waals surface area contributed by atoms with Crippen molar-refractivity contribution in [3.63, 3.8) is 0 Å². The zero-order chi connectivity index (χ0) is 12.3. The van der Waals surface area contributed by atoms with Gasteiger partial charge in [-0.05, 0) is 25.6 Å². The van der Waals surface area contributed by atoms with Crippen molar-refractivity contribution >= 4 is 11.6 Å². The number of aryl methyl sites for hydroxylation is 2. The normalized spacial score (nSPS) is 12.9. The van der Waals surface area contributed by atoms with Crippen LogP contribution in [0.25, 0.3) is 0 Å². The summed E-state index contributed by atoms with van der Waals surface area (Å²) in [6.07, 6.45) is 5.16. The zero-order valence-electron chi connectivity index (χ0n) is 9.98. The van der Waals surface area contributed by atoms with Crippen LogP contribution in [-0.2, 0) is 13.5 Å². The first-order valence-corrected chi connectivity index (χ1v) is 5.97. The van der Waals surface area contributed by atoms with E-state index in [4.69, 9.17) is 16.0 Å². The Morgan fingerprint density at radius 3 is 2.94 bits per heavy atom. The number of hydrogen-bond donors (Lipinski definition) is 1. The molecule has 0 radical (unpaired) electrons. The van der Waals surface area contributed by atoms with Gasteiger partial charge in [0.05, 0.1) is 29.2 Å². The summed E-state index contributed by atoms with van der Waals surface area (Å²) in [4.78, 5) is 0. The van der Waals surface area contributed by atoms with E-state index < -0.39 is 0 Å². The lowest BCUT2D eigenvalue weighted by Gasteiger charge is -2.16. The van der Waals surface area contributed by atoms with Gasteiger partial charge in [0.25, 0.3) is 0 Å². The van der Waals surface area contributed by atoms with Gasteiger partial charge in [0.2, 0.25) is 0 Å². The summed E-state index contributed by atoms with van der Waals surface area (Å²) < 4.78 is 7.13. The highest BCUT2D eigenvalue weighted by Crippen LogP contribution is 2.25. The van der Waals surface area contributed by atoms with Gasteiger partial charge >= 0.3 is 0 Å². The van der Waals surface area contributed by atoms with E-state index in [1.54, 1.807) is 12.5 Å². The first-order chi connectivity index (χ1) is 8.22. The van der Waals surface area contributed by atoms with Gasteiger partial charge in [0, 0.05) is 13.5 Å². The zero-order valence-corrected chi connectivity index (χ0v) is 10.7. The Morgan fingerprint density at radius 2 is 2.41 bits per heavy atom. The second-order valence-corrected chi connectivity index (χ2v) is 4.37. The molecule has 4 nitrogen and oxygen atoms in total. The predicted octanol–water partition coefficient (Wildman–Crippen LogP) is 2.56. The van der Waals surface area contributed by atoms with Gasteiger partial charge in [-0.25, -0.2) is 0 Å². The van der Waals surface area contributed by atoms with E-state index in [9.17, 15) is 0 Å². The number of hydrogen-bond acceptors (Lipinski definition) is 3. The summed E-state index contributed by atoms with van der Waals surface area (Å²) in [7, 11) is 3.83. The minimum Gasteiger partial charge on any atom is -0.469 e. The molecule has 92 valence electrons. The molecule has 5 heteroatoms. The van der Waals surface area contributed by atoms with Crippen molar-refractivity contribution in [3.8, 4) is 0 Å². The highest BCUT2D eigenvalue weighted by Gasteiger charge is 2.17. The molecule has 17 heavy (non-hydrogen) atoms. The topological polar surface area (TPSA) is 43.0 Å². The lowest BCUT2D eigenvalue weighted by atomic mass is 10.1. The van der Waals surface area contributed by atoms with Gasteiger partial charge in [-0.3, -0.25) is 4.68 Å². The maximum Gasteiger partial charge on any atom is 0.103 e. The third kappa shape index (κ3) is 2.70. The Labute approximate surface area is 106 Å². The molecule has 0 saturated carbocycles. The van der Waals surface area contributed by atoms with Gasteiger partial charge < -0.3 is 9.73 Å². The second-order valence-electron chi connectivity index (χ2n) is 3.96. The smallest absolute Gasteiger partial charge is 0.103 e. The maximum atomic E-state index is 6.13. The highest BCUT2D eigenvalue weighted by molar-refractivity contribution is 6.31. The second kappa shape index (κ2) is 5.38. The van der Waals surface area contributed by atoms with Crippen molar-refractivity contribution < 1.29 is 4.42 Å². The largest absolute Gasteiger partial charge is 0.469 e. The van der Waals surface area contributed by atoms with Crippen LogP contribution in [0.3, 0.4) is 0 Å². The number of aromatic nitrogens is 2. The van der Waals surface area contributed by atoms with E-state index in [0.29, 0.717) is 5.02 Å². The molecule has 2 aromatic heterocycles. The Morgan fingerprint density at radius 1 is 1.59 bits per heavy atom. The number of nitrogens with zero attached hydrogens (tertiary/aromatic N) is 2. The molecule has 2 rings (SSSR count). The SMILES string of the molecule is CNC(CCc1ccco1)c1c(Cl)cnn1C. The molecule has 0 amide bonds. The van der Waals surface area contributed by atoms with Crippen LogP contribution in [0.1, 0.15) is 23.9 Å².